The molecule has 220 valence electrons. The van der Waals surface area contributed by atoms with E-state index in [9.17, 15) is 18.0 Å². The Morgan fingerprint density at radius 3 is 2.15 bits per heavy atom. The number of carbonyl (C=O) groups excluding carboxylic acids is 2. The molecule has 0 aliphatic carbocycles. The molecule has 8 nitrogen and oxygen atoms in total. The van der Waals surface area contributed by atoms with Crippen LogP contribution in [0, 0.1) is 6.92 Å². The average molecular weight is 621 g/mol. The lowest BCUT2D eigenvalue weighted by atomic mass is 10.1. The summed E-state index contributed by atoms with van der Waals surface area (Å²) in [5, 5.41) is 3.56. The fraction of sp³-hybridized carbons (Fsp3) is 0.333. The van der Waals surface area contributed by atoms with E-state index in [0.29, 0.717) is 27.8 Å². The van der Waals surface area contributed by atoms with Gasteiger partial charge in [-0.2, -0.15) is 0 Å². The van der Waals surface area contributed by atoms with Crippen LogP contribution in [0.5, 0.6) is 5.75 Å². The third kappa shape index (κ3) is 8.15. The number of anilines is 1. The second-order valence-electron chi connectivity index (χ2n) is 9.79. The third-order valence-electron chi connectivity index (χ3n) is 6.75. The molecule has 1 N–H and O–H groups in total. The summed E-state index contributed by atoms with van der Waals surface area (Å²) in [6.45, 7) is 6.73. The van der Waals surface area contributed by atoms with E-state index in [2.05, 4.69) is 5.32 Å². The molecule has 2 unspecified atom stereocenters. The Balaban J connectivity index is 2.04. The highest BCUT2D eigenvalue weighted by molar-refractivity contribution is 7.92. The predicted molar refractivity (Wildman–Crippen MR) is 163 cm³/mol. The van der Waals surface area contributed by atoms with Gasteiger partial charge in [-0.3, -0.25) is 13.9 Å². The fourth-order valence-corrected chi connectivity index (χ4v) is 5.73. The highest BCUT2D eigenvalue weighted by atomic mass is 35.5. The summed E-state index contributed by atoms with van der Waals surface area (Å²) in [5.74, 6) is -0.399. The van der Waals surface area contributed by atoms with Crippen LogP contribution < -0.4 is 14.4 Å². The summed E-state index contributed by atoms with van der Waals surface area (Å²) >= 11 is 12.3. The maximum absolute atomic E-state index is 14.0. The summed E-state index contributed by atoms with van der Waals surface area (Å²) < 4.78 is 34.1. The first-order valence-electron chi connectivity index (χ1n) is 13.1. The molecule has 2 amide bonds. The Hall–Kier alpha value is -3.27. The molecule has 41 heavy (non-hydrogen) atoms. The molecule has 0 radical (unpaired) electrons. The number of benzene rings is 3. The average Bonchev–Trinajstić information content (AvgIpc) is 2.96. The van der Waals surface area contributed by atoms with Gasteiger partial charge in [-0.25, -0.2) is 8.42 Å². The van der Waals surface area contributed by atoms with Gasteiger partial charge >= 0.3 is 0 Å². The number of methoxy groups -OCH3 is 1. The van der Waals surface area contributed by atoms with Crippen molar-refractivity contribution in [3.8, 4) is 5.75 Å². The maximum atomic E-state index is 14.0. The number of carbonyl (C=O) groups is 2. The first-order chi connectivity index (χ1) is 19.4. The highest BCUT2D eigenvalue weighted by Crippen LogP contribution is 2.28. The largest absolute Gasteiger partial charge is 0.497 e. The van der Waals surface area contributed by atoms with Crippen molar-refractivity contribution in [2.45, 2.75) is 57.6 Å². The molecule has 2 atom stereocenters. The molecule has 3 aromatic carbocycles. The van der Waals surface area contributed by atoms with Crippen molar-refractivity contribution in [3.63, 3.8) is 0 Å². The number of hydrogen-bond donors (Lipinski definition) is 1. The normalized spacial score (nSPS) is 12.8. The van der Waals surface area contributed by atoms with E-state index in [4.69, 9.17) is 27.9 Å². The number of sulfonamides is 1. The molecular formula is C30H35Cl2N3O5S. The van der Waals surface area contributed by atoms with E-state index in [1.807, 2.05) is 20.8 Å². The number of amides is 2. The van der Waals surface area contributed by atoms with Gasteiger partial charge in [-0.1, -0.05) is 53.9 Å². The lowest BCUT2D eigenvalue weighted by molar-refractivity contribution is -0.139. The molecule has 0 fully saturated rings. The van der Waals surface area contributed by atoms with Crippen molar-refractivity contribution in [3.05, 3.63) is 87.9 Å². The number of nitrogens with one attached hydrogen (secondary N) is 1. The van der Waals surface area contributed by atoms with Crippen LogP contribution in [-0.4, -0.2) is 50.9 Å². The molecule has 0 aliphatic heterocycles. The molecular weight excluding hydrogens is 585 g/mol. The van der Waals surface area contributed by atoms with Crippen LogP contribution in [0.2, 0.25) is 10.0 Å². The molecule has 0 aliphatic rings. The summed E-state index contributed by atoms with van der Waals surface area (Å²) in [7, 11) is -2.66. The number of hydrogen-bond acceptors (Lipinski definition) is 5. The van der Waals surface area contributed by atoms with Gasteiger partial charge in [-0.15, -0.1) is 0 Å². The zero-order valence-electron chi connectivity index (χ0n) is 23.7. The van der Waals surface area contributed by atoms with Gasteiger partial charge in [0.15, 0.2) is 0 Å². The number of ether oxygens (including phenoxy) is 1. The van der Waals surface area contributed by atoms with Crippen molar-refractivity contribution in [2.24, 2.45) is 0 Å². The van der Waals surface area contributed by atoms with Crippen molar-refractivity contribution in [1.29, 1.82) is 0 Å². The van der Waals surface area contributed by atoms with Gasteiger partial charge < -0.3 is 15.0 Å². The molecule has 0 spiro atoms. The maximum Gasteiger partial charge on any atom is 0.264 e. The summed E-state index contributed by atoms with van der Waals surface area (Å²) in [4.78, 5) is 28.5. The van der Waals surface area contributed by atoms with E-state index >= 15 is 0 Å². The third-order valence-corrected chi connectivity index (χ3v) is 9.28. The zero-order valence-corrected chi connectivity index (χ0v) is 26.1. The van der Waals surface area contributed by atoms with Gasteiger partial charge in [0.1, 0.15) is 18.3 Å². The Labute approximate surface area is 252 Å². The number of aryl methyl sites for hydroxylation is 1. The molecule has 0 saturated carbocycles. The Morgan fingerprint density at radius 2 is 1.59 bits per heavy atom. The Morgan fingerprint density at radius 1 is 0.951 bits per heavy atom. The minimum Gasteiger partial charge on any atom is -0.497 e. The van der Waals surface area contributed by atoms with E-state index in [1.165, 1.54) is 24.1 Å². The standard InChI is InChI=1S/C30H35Cl2N3O5S/c1-6-21(3)33-30(37)22(4)34(18-23-9-16-27(31)28(32)17-23)29(36)19-35(24-10-12-25(40-5)13-11-24)41(38,39)26-14-7-20(2)8-15-26/h7-17,21-22H,6,18-19H2,1-5H3,(H,33,37). The Bertz CT molecular complexity index is 1460. The quantitative estimate of drug-likeness (QED) is 0.275. The second kappa shape index (κ2) is 14.1. The van der Waals surface area contributed by atoms with Crippen molar-refractivity contribution in [2.75, 3.05) is 18.0 Å². The van der Waals surface area contributed by atoms with Crippen molar-refractivity contribution >= 4 is 50.7 Å². The topological polar surface area (TPSA) is 96.0 Å². The van der Waals surface area contributed by atoms with Crippen LogP contribution in [0.25, 0.3) is 0 Å². The van der Waals surface area contributed by atoms with Crippen LogP contribution in [-0.2, 0) is 26.2 Å². The van der Waals surface area contributed by atoms with Crippen LogP contribution >= 0.6 is 23.2 Å². The van der Waals surface area contributed by atoms with Crippen LogP contribution in [0.1, 0.15) is 38.3 Å². The van der Waals surface area contributed by atoms with Crippen molar-refractivity contribution in [1.82, 2.24) is 10.2 Å². The summed E-state index contributed by atoms with van der Waals surface area (Å²) in [6.07, 6.45) is 0.708. The molecule has 0 aromatic heterocycles. The second-order valence-corrected chi connectivity index (χ2v) is 12.5. The summed E-state index contributed by atoms with van der Waals surface area (Å²) in [5.41, 5.74) is 1.80. The monoisotopic (exact) mass is 619 g/mol. The van der Waals surface area contributed by atoms with Crippen LogP contribution in [0.15, 0.2) is 71.6 Å². The molecule has 0 saturated heterocycles. The molecule has 0 bridgehead atoms. The first kappa shape index (κ1) is 32.2. The number of rotatable bonds is 12. The van der Waals surface area contributed by atoms with Crippen LogP contribution in [0.3, 0.4) is 0 Å². The predicted octanol–water partition coefficient (Wildman–Crippen LogP) is 5.84. The van der Waals surface area contributed by atoms with Gasteiger partial charge in [0.05, 0.1) is 27.7 Å². The number of nitrogens with zero attached hydrogens (tertiary/aromatic N) is 2. The van der Waals surface area contributed by atoms with E-state index in [-0.39, 0.29) is 29.1 Å². The van der Waals surface area contributed by atoms with Gasteiger partial charge in [-0.05, 0) is 81.3 Å². The molecule has 3 rings (SSSR count). The minimum atomic E-state index is -4.17. The van der Waals surface area contributed by atoms with Crippen molar-refractivity contribution < 1.29 is 22.7 Å². The SMILES string of the molecule is CCC(C)NC(=O)C(C)N(Cc1ccc(Cl)c(Cl)c1)C(=O)CN(c1ccc(OC)cc1)S(=O)(=O)c1ccc(C)cc1. The molecule has 11 heteroatoms. The Kier molecular flexibility index (Phi) is 11.1. The van der Waals surface area contributed by atoms with Gasteiger partial charge in [0, 0.05) is 12.6 Å². The zero-order chi connectivity index (χ0) is 30.3. The smallest absolute Gasteiger partial charge is 0.264 e. The summed E-state index contributed by atoms with van der Waals surface area (Å²) in [6, 6.07) is 16.7. The first-order valence-corrected chi connectivity index (χ1v) is 15.3. The lowest BCUT2D eigenvalue weighted by Crippen LogP contribution is -2.52. The molecule has 3 aromatic rings. The number of halogens is 2. The van der Waals surface area contributed by atoms with E-state index in [1.54, 1.807) is 61.5 Å². The van der Waals surface area contributed by atoms with E-state index in [0.717, 1.165) is 9.87 Å². The van der Waals surface area contributed by atoms with Crippen LogP contribution in [0.4, 0.5) is 5.69 Å². The van der Waals surface area contributed by atoms with Gasteiger partial charge in [0.25, 0.3) is 10.0 Å². The fourth-order valence-electron chi connectivity index (χ4n) is 4.00. The van der Waals surface area contributed by atoms with Gasteiger partial charge in [0.2, 0.25) is 11.8 Å². The van der Waals surface area contributed by atoms with E-state index < -0.39 is 28.5 Å². The minimum absolute atomic E-state index is 0.00580. The lowest BCUT2D eigenvalue weighted by Gasteiger charge is -2.32. The molecule has 0 heterocycles. The highest BCUT2D eigenvalue weighted by Gasteiger charge is 2.33.